The maximum Gasteiger partial charge on any atom is 0.257 e. The Morgan fingerprint density at radius 3 is 2.80 bits per heavy atom. The summed E-state index contributed by atoms with van der Waals surface area (Å²) in [6.07, 6.45) is 4.52. The number of hydrogen-bond acceptors (Lipinski definition) is 8. The third-order valence-corrected chi connectivity index (χ3v) is 8.53. The first-order valence-corrected chi connectivity index (χ1v) is 12.9. The number of hydrogen-bond donors (Lipinski definition) is 0. The van der Waals surface area contributed by atoms with Gasteiger partial charge in [0.25, 0.3) is 5.22 Å². The van der Waals surface area contributed by atoms with Gasteiger partial charge in [0, 0.05) is 18.8 Å². The zero-order valence-electron chi connectivity index (χ0n) is 16.0. The predicted molar refractivity (Wildman–Crippen MR) is 116 cm³/mol. The first-order chi connectivity index (χ1) is 14.6. The second-order valence-corrected chi connectivity index (χ2v) is 10.8. The van der Waals surface area contributed by atoms with Gasteiger partial charge in [0.1, 0.15) is 11.8 Å². The summed E-state index contributed by atoms with van der Waals surface area (Å²) in [7, 11) is -3.49. The van der Waals surface area contributed by atoms with Gasteiger partial charge in [-0.2, -0.15) is 4.31 Å². The number of rotatable bonds is 6. The van der Waals surface area contributed by atoms with Gasteiger partial charge in [-0.25, -0.2) is 18.4 Å². The van der Waals surface area contributed by atoms with Crippen LogP contribution in [0.4, 0.5) is 0 Å². The van der Waals surface area contributed by atoms with E-state index in [-0.39, 0.29) is 4.90 Å². The van der Waals surface area contributed by atoms with Crippen LogP contribution in [0.25, 0.3) is 21.9 Å². The van der Waals surface area contributed by atoms with Gasteiger partial charge >= 0.3 is 0 Å². The lowest BCUT2D eigenvalue weighted by Crippen LogP contribution is -2.35. The molecule has 0 saturated carbocycles. The van der Waals surface area contributed by atoms with Crippen LogP contribution in [0.15, 0.2) is 60.9 Å². The quantitative estimate of drug-likeness (QED) is 0.373. The standard InChI is InChI=1S/C20H19N3O4S3/c24-30(25,23-8-2-1-3-9-23)15-6-7-17-16(11-15)22-20(27-17)29-13-14-12-26-19(21-14)18-5-4-10-28-18/h4-7,10-12H,1-3,8-9,13H2. The molecule has 4 aromatic rings. The van der Waals surface area contributed by atoms with Gasteiger partial charge in [-0.15, -0.1) is 11.3 Å². The van der Waals surface area contributed by atoms with Gasteiger partial charge in [-0.3, -0.25) is 0 Å². The normalized spacial score (nSPS) is 15.7. The average Bonchev–Trinajstić information content (AvgIpc) is 3.52. The van der Waals surface area contributed by atoms with Crippen LogP contribution in [-0.2, 0) is 15.8 Å². The molecule has 1 aromatic carbocycles. The van der Waals surface area contributed by atoms with Crippen molar-refractivity contribution in [2.45, 2.75) is 35.1 Å². The Balaban J connectivity index is 1.32. The lowest BCUT2D eigenvalue weighted by molar-refractivity contribution is 0.346. The van der Waals surface area contributed by atoms with Gasteiger partial charge in [-0.1, -0.05) is 24.2 Å². The van der Waals surface area contributed by atoms with Crippen molar-refractivity contribution in [3.63, 3.8) is 0 Å². The van der Waals surface area contributed by atoms with E-state index >= 15 is 0 Å². The number of oxazole rings is 2. The first-order valence-electron chi connectivity index (χ1n) is 9.61. The number of sulfonamides is 1. The molecule has 156 valence electrons. The van der Waals surface area contributed by atoms with Crippen molar-refractivity contribution in [2.75, 3.05) is 13.1 Å². The smallest absolute Gasteiger partial charge is 0.257 e. The summed E-state index contributed by atoms with van der Waals surface area (Å²) >= 11 is 2.97. The van der Waals surface area contributed by atoms with Crippen LogP contribution < -0.4 is 0 Å². The van der Waals surface area contributed by atoms with Crippen molar-refractivity contribution in [1.82, 2.24) is 14.3 Å². The molecule has 1 aliphatic rings. The number of thiophene rings is 1. The van der Waals surface area contributed by atoms with Crippen molar-refractivity contribution >= 4 is 44.2 Å². The van der Waals surface area contributed by atoms with E-state index in [4.69, 9.17) is 8.83 Å². The van der Waals surface area contributed by atoms with Gasteiger partial charge in [-0.05, 0) is 42.5 Å². The van der Waals surface area contributed by atoms with Crippen molar-refractivity contribution in [1.29, 1.82) is 0 Å². The molecule has 3 aromatic heterocycles. The van der Waals surface area contributed by atoms with Crippen LogP contribution in [-0.4, -0.2) is 35.8 Å². The van der Waals surface area contributed by atoms with E-state index in [1.54, 1.807) is 40.1 Å². The van der Waals surface area contributed by atoms with E-state index in [0.717, 1.165) is 29.8 Å². The Morgan fingerprint density at radius 2 is 2.00 bits per heavy atom. The van der Waals surface area contributed by atoms with E-state index in [9.17, 15) is 8.42 Å². The molecule has 7 nitrogen and oxygen atoms in total. The fourth-order valence-electron chi connectivity index (χ4n) is 3.38. The van der Waals surface area contributed by atoms with E-state index in [1.165, 1.54) is 11.8 Å². The zero-order chi connectivity index (χ0) is 20.6. The maximum absolute atomic E-state index is 12.9. The van der Waals surface area contributed by atoms with Crippen LogP contribution >= 0.6 is 23.1 Å². The summed E-state index contributed by atoms with van der Waals surface area (Å²) < 4.78 is 38.6. The number of benzene rings is 1. The second kappa shape index (κ2) is 8.18. The van der Waals surface area contributed by atoms with E-state index in [0.29, 0.717) is 41.1 Å². The highest BCUT2D eigenvalue weighted by Crippen LogP contribution is 2.30. The average molecular weight is 462 g/mol. The summed E-state index contributed by atoms with van der Waals surface area (Å²) in [5, 5.41) is 2.45. The minimum Gasteiger partial charge on any atom is -0.444 e. The lowest BCUT2D eigenvalue weighted by atomic mass is 10.2. The first kappa shape index (κ1) is 19.8. The number of fused-ring (bicyclic) bond motifs is 1. The summed E-state index contributed by atoms with van der Waals surface area (Å²) in [6, 6.07) is 8.78. The minimum atomic E-state index is -3.49. The molecule has 0 radical (unpaired) electrons. The van der Waals surface area contributed by atoms with Crippen LogP contribution in [0.5, 0.6) is 0 Å². The van der Waals surface area contributed by atoms with E-state index in [1.807, 2.05) is 17.5 Å². The largest absolute Gasteiger partial charge is 0.444 e. The van der Waals surface area contributed by atoms with Crippen LogP contribution in [0.2, 0.25) is 0 Å². The minimum absolute atomic E-state index is 0.263. The highest BCUT2D eigenvalue weighted by molar-refractivity contribution is 7.98. The SMILES string of the molecule is O=S(=O)(c1ccc2oc(SCc3coc(-c4cccs4)n3)nc2c1)N1CCCCC1. The van der Waals surface area contributed by atoms with Crippen molar-refractivity contribution in [3.05, 3.63) is 47.7 Å². The van der Waals surface area contributed by atoms with Crippen LogP contribution in [0.1, 0.15) is 25.0 Å². The molecule has 1 saturated heterocycles. The van der Waals surface area contributed by atoms with Gasteiger partial charge in [0.2, 0.25) is 15.9 Å². The molecule has 0 aliphatic carbocycles. The van der Waals surface area contributed by atoms with Gasteiger partial charge < -0.3 is 8.83 Å². The van der Waals surface area contributed by atoms with Crippen molar-refractivity contribution in [2.24, 2.45) is 0 Å². The maximum atomic E-state index is 12.9. The number of nitrogens with zero attached hydrogens (tertiary/aromatic N) is 3. The molecule has 1 fully saturated rings. The zero-order valence-corrected chi connectivity index (χ0v) is 18.4. The molecule has 10 heteroatoms. The molecule has 0 amide bonds. The van der Waals surface area contributed by atoms with Crippen molar-refractivity contribution < 1.29 is 17.3 Å². The third-order valence-electron chi connectivity index (χ3n) is 4.92. The number of thioether (sulfide) groups is 1. The summed E-state index contributed by atoms with van der Waals surface area (Å²) in [6.45, 7) is 1.15. The molecule has 0 unspecified atom stereocenters. The molecule has 0 bridgehead atoms. The molecular weight excluding hydrogens is 442 g/mol. The van der Waals surface area contributed by atoms with Crippen LogP contribution in [0, 0.1) is 0 Å². The highest BCUT2D eigenvalue weighted by Gasteiger charge is 2.26. The highest BCUT2D eigenvalue weighted by atomic mass is 32.2. The Bertz CT molecular complexity index is 1260. The molecule has 0 spiro atoms. The molecule has 0 N–H and O–H groups in total. The van der Waals surface area contributed by atoms with E-state index in [2.05, 4.69) is 9.97 Å². The van der Waals surface area contributed by atoms with Gasteiger partial charge in [0.05, 0.1) is 15.5 Å². The molecule has 1 aliphatic heterocycles. The Hall–Kier alpha value is -2.14. The number of piperidine rings is 1. The summed E-state index contributed by atoms with van der Waals surface area (Å²) in [5.41, 5.74) is 1.89. The Kier molecular flexibility index (Phi) is 5.40. The van der Waals surface area contributed by atoms with Crippen LogP contribution in [0.3, 0.4) is 0 Å². The van der Waals surface area contributed by atoms with E-state index < -0.39 is 10.0 Å². The lowest BCUT2D eigenvalue weighted by Gasteiger charge is -2.25. The monoisotopic (exact) mass is 461 g/mol. The fourth-order valence-corrected chi connectivity index (χ4v) is 6.29. The predicted octanol–water partition coefficient (Wildman–Crippen LogP) is 5.01. The summed E-state index contributed by atoms with van der Waals surface area (Å²) in [4.78, 5) is 10.2. The number of aromatic nitrogens is 2. The fraction of sp³-hybridized carbons (Fsp3) is 0.300. The third kappa shape index (κ3) is 3.92. The molecule has 30 heavy (non-hydrogen) atoms. The summed E-state index contributed by atoms with van der Waals surface area (Å²) in [5.74, 6) is 1.14. The molecular formula is C20H19N3O4S3. The topological polar surface area (TPSA) is 89.4 Å². The molecule has 4 heterocycles. The van der Waals surface area contributed by atoms with Crippen molar-refractivity contribution in [3.8, 4) is 10.8 Å². The Morgan fingerprint density at radius 1 is 1.13 bits per heavy atom. The van der Waals surface area contributed by atoms with Gasteiger partial charge in [0.15, 0.2) is 5.58 Å². The molecule has 5 rings (SSSR count). The second-order valence-electron chi connectivity index (χ2n) is 6.98. The molecule has 0 atom stereocenters. The Labute approximate surface area is 182 Å².